The first kappa shape index (κ1) is 14.3. The number of aromatic nitrogens is 2. The molecule has 0 saturated heterocycles. The number of hydrogen-bond donors (Lipinski definition) is 1. The molecule has 0 bridgehead atoms. The van der Waals surface area contributed by atoms with E-state index < -0.39 is 5.82 Å². The van der Waals surface area contributed by atoms with Crippen LogP contribution in [0.3, 0.4) is 0 Å². The molecule has 3 rings (SSSR count). The van der Waals surface area contributed by atoms with Gasteiger partial charge >= 0.3 is 0 Å². The number of aryl methyl sites for hydroxylation is 1. The molecule has 3 aromatic rings. The van der Waals surface area contributed by atoms with Gasteiger partial charge in [-0.05, 0) is 42.9 Å². The molecule has 3 nitrogen and oxygen atoms in total. The summed E-state index contributed by atoms with van der Waals surface area (Å²) < 4.78 is 22.2. The molecule has 0 spiro atoms. The fourth-order valence-corrected chi connectivity index (χ4v) is 2.85. The van der Waals surface area contributed by atoms with Crippen LogP contribution in [0.15, 0.2) is 34.8 Å². The summed E-state index contributed by atoms with van der Waals surface area (Å²) in [6.45, 7) is 2.01. The number of hydrogen-bond acceptors (Lipinski definition) is 2. The second kappa shape index (κ2) is 5.27. The van der Waals surface area contributed by atoms with Gasteiger partial charge in [0.2, 0.25) is 0 Å². The zero-order chi connectivity index (χ0) is 15.1. The highest BCUT2D eigenvalue weighted by Crippen LogP contribution is 2.28. The Hall–Kier alpha value is -1.66. The molecule has 0 unspecified atom stereocenters. The Kier molecular flexibility index (Phi) is 3.59. The molecule has 0 atom stereocenters. The van der Waals surface area contributed by atoms with Crippen LogP contribution in [0.4, 0.5) is 4.39 Å². The molecule has 0 aliphatic heterocycles. The van der Waals surface area contributed by atoms with Crippen LogP contribution in [0.2, 0.25) is 0 Å². The summed E-state index contributed by atoms with van der Waals surface area (Å²) in [6.07, 6.45) is 0. The number of imidazole rings is 1. The Morgan fingerprint density at radius 2 is 2.05 bits per heavy atom. The average molecular weight is 367 g/mol. The summed E-state index contributed by atoms with van der Waals surface area (Å²) >= 11 is 8.85. The normalized spacial score (nSPS) is 11.0. The standard InChI is InChI=1S/C15H12BrFN2OS/c1-8-5-9(3-4-10(8)16)19-13-7-14(20-2)11(17)6-12(13)18-15(19)21/h3-7H,1-2H3,(H,18,21). The number of halogens is 2. The van der Waals surface area contributed by atoms with Crippen LogP contribution < -0.4 is 4.74 Å². The van der Waals surface area contributed by atoms with Crippen LogP contribution in [0.25, 0.3) is 16.7 Å². The van der Waals surface area contributed by atoms with Crippen molar-refractivity contribution < 1.29 is 9.13 Å². The summed E-state index contributed by atoms with van der Waals surface area (Å²) in [7, 11) is 1.44. The largest absolute Gasteiger partial charge is 0.494 e. The van der Waals surface area contributed by atoms with Gasteiger partial charge in [0.05, 0.1) is 18.1 Å². The zero-order valence-corrected chi connectivity index (χ0v) is 13.8. The van der Waals surface area contributed by atoms with Crippen molar-refractivity contribution in [2.75, 3.05) is 7.11 Å². The van der Waals surface area contributed by atoms with Crippen LogP contribution in [-0.4, -0.2) is 16.7 Å². The molecular weight excluding hydrogens is 355 g/mol. The van der Waals surface area contributed by atoms with E-state index in [9.17, 15) is 4.39 Å². The van der Waals surface area contributed by atoms with Gasteiger partial charge in [-0.1, -0.05) is 15.9 Å². The molecule has 108 valence electrons. The first-order chi connectivity index (χ1) is 10.0. The SMILES string of the molecule is COc1cc2c(cc1F)[nH]c(=S)n2-c1ccc(Br)c(C)c1. The van der Waals surface area contributed by atoms with Crippen LogP contribution in [0.5, 0.6) is 5.75 Å². The van der Waals surface area contributed by atoms with Gasteiger partial charge in [-0.15, -0.1) is 0 Å². The monoisotopic (exact) mass is 366 g/mol. The van der Waals surface area contributed by atoms with Crippen LogP contribution >= 0.6 is 28.1 Å². The summed E-state index contributed by atoms with van der Waals surface area (Å²) in [5.74, 6) is -0.223. The second-order valence-corrected chi connectivity index (χ2v) is 5.94. The van der Waals surface area contributed by atoms with Crippen molar-refractivity contribution in [1.82, 2.24) is 9.55 Å². The smallest absolute Gasteiger partial charge is 0.182 e. The molecule has 6 heteroatoms. The molecule has 0 fully saturated rings. The van der Waals surface area contributed by atoms with Gasteiger partial charge in [-0.3, -0.25) is 4.57 Å². The van der Waals surface area contributed by atoms with E-state index in [2.05, 4.69) is 20.9 Å². The van der Waals surface area contributed by atoms with E-state index in [1.54, 1.807) is 6.07 Å². The van der Waals surface area contributed by atoms with Gasteiger partial charge in [0.15, 0.2) is 16.3 Å². The Morgan fingerprint density at radius 1 is 1.29 bits per heavy atom. The number of ether oxygens (including phenoxy) is 1. The number of methoxy groups -OCH3 is 1. The highest BCUT2D eigenvalue weighted by atomic mass is 79.9. The molecule has 2 aromatic carbocycles. The molecule has 0 amide bonds. The highest BCUT2D eigenvalue weighted by Gasteiger charge is 2.12. The minimum absolute atomic E-state index is 0.194. The lowest BCUT2D eigenvalue weighted by Crippen LogP contribution is -1.96. The summed E-state index contributed by atoms with van der Waals surface area (Å²) in [6, 6.07) is 8.98. The van der Waals surface area contributed by atoms with Gasteiger partial charge in [0, 0.05) is 22.3 Å². The van der Waals surface area contributed by atoms with E-state index in [-0.39, 0.29) is 5.75 Å². The topological polar surface area (TPSA) is 29.9 Å². The van der Waals surface area contributed by atoms with Crippen LogP contribution in [0.1, 0.15) is 5.56 Å². The van der Waals surface area contributed by atoms with Crippen LogP contribution in [0, 0.1) is 17.5 Å². The fourth-order valence-electron chi connectivity index (χ4n) is 2.29. The molecule has 1 N–H and O–H groups in total. The van der Waals surface area contributed by atoms with Gasteiger partial charge in [-0.2, -0.15) is 0 Å². The van der Waals surface area contributed by atoms with E-state index in [0.717, 1.165) is 21.2 Å². The lowest BCUT2D eigenvalue weighted by Gasteiger charge is -2.08. The van der Waals surface area contributed by atoms with Gasteiger partial charge in [-0.25, -0.2) is 4.39 Å². The second-order valence-electron chi connectivity index (χ2n) is 4.70. The Labute approximate surface area is 134 Å². The van der Waals surface area contributed by atoms with Crippen molar-refractivity contribution in [2.24, 2.45) is 0 Å². The van der Waals surface area contributed by atoms with E-state index in [1.165, 1.54) is 13.2 Å². The minimum atomic E-state index is -0.416. The van der Waals surface area contributed by atoms with Crippen LogP contribution in [-0.2, 0) is 0 Å². The van der Waals surface area contributed by atoms with Crippen molar-refractivity contribution in [1.29, 1.82) is 0 Å². The summed E-state index contributed by atoms with van der Waals surface area (Å²) in [5, 5.41) is 0. The number of benzene rings is 2. The molecule has 0 aliphatic rings. The minimum Gasteiger partial charge on any atom is -0.494 e. The maximum Gasteiger partial charge on any atom is 0.182 e. The van der Waals surface area contributed by atoms with Gasteiger partial charge < -0.3 is 9.72 Å². The van der Waals surface area contributed by atoms with E-state index in [0.29, 0.717) is 10.3 Å². The third-order valence-electron chi connectivity index (χ3n) is 3.36. The summed E-state index contributed by atoms with van der Waals surface area (Å²) in [5.41, 5.74) is 3.43. The van der Waals surface area contributed by atoms with Gasteiger partial charge in [0.25, 0.3) is 0 Å². The molecule has 1 heterocycles. The Bertz CT molecular complexity index is 901. The fraction of sp³-hybridized carbons (Fsp3) is 0.133. The van der Waals surface area contributed by atoms with E-state index >= 15 is 0 Å². The molecule has 0 aliphatic carbocycles. The van der Waals surface area contributed by atoms with Crippen molar-refractivity contribution >= 4 is 39.2 Å². The zero-order valence-electron chi connectivity index (χ0n) is 11.4. The lowest BCUT2D eigenvalue weighted by molar-refractivity contribution is 0.387. The predicted octanol–water partition coefficient (Wildman–Crippen LogP) is 4.91. The molecule has 0 saturated carbocycles. The number of aromatic amines is 1. The number of fused-ring (bicyclic) bond motifs is 1. The number of nitrogens with zero attached hydrogens (tertiary/aromatic N) is 1. The maximum absolute atomic E-state index is 13.8. The lowest BCUT2D eigenvalue weighted by atomic mass is 10.2. The van der Waals surface area contributed by atoms with Crippen molar-refractivity contribution in [3.63, 3.8) is 0 Å². The summed E-state index contributed by atoms with van der Waals surface area (Å²) in [4.78, 5) is 3.02. The van der Waals surface area contributed by atoms with E-state index in [1.807, 2.05) is 29.7 Å². The Morgan fingerprint density at radius 3 is 2.71 bits per heavy atom. The molecule has 21 heavy (non-hydrogen) atoms. The van der Waals surface area contributed by atoms with Crippen molar-refractivity contribution in [2.45, 2.75) is 6.92 Å². The predicted molar refractivity (Wildman–Crippen MR) is 87.4 cm³/mol. The third kappa shape index (κ3) is 2.38. The number of H-pyrrole nitrogens is 1. The number of rotatable bonds is 2. The third-order valence-corrected chi connectivity index (χ3v) is 4.53. The first-order valence-electron chi connectivity index (χ1n) is 6.26. The molecule has 0 radical (unpaired) electrons. The highest BCUT2D eigenvalue weighted by molar-refractivity contribution is 9.10. The molecule has 1 aromatic heterocycles. The first-order valence-corrected chi connectivity index (χ1v) is 7.46. The van der Waals surface area contributed by atoms with Crippen molar-refractivity contribution in [3.05, 3.63) is 51.0 Å². The Balaban J connectivity index is 2.33. The quantitative estimate of drug-likeness (QED) is 0.653. The van der Waals surface area contributed by atoms with Gasteiger partial charge in [0.1, 0.15) is 0 Å². The average Bonchev–Trinajstić information content (AvgIpc) is 2.76. The maximum atomic E-state index is 13.8. The number of nitrogens with one attached hydrogen (secondary N) is 1. The van der Waals surface area contributed by atoms with E-state index in [4.69, 9.17) is 17.0 Å². The molecular formula is C15H12BrFN2OS. The van der Waals surface area contributed by atoms with Crippen molar-refractivity contribution in [3.8, 4) is 11.4 Å².